The van der Waals surface area contributed by atoms with Crippen LogP contribution in [0.15, 0.2) is 36.4 Å². The average molecular weight is 257 g/mol. The van der Waals surface area contributed by atoms with Gasteiger partial charge >= 0.3 is 0 Å². The molecule has 0 fully saturated rings. The number of nitrogen functional groups attached to an aromatic ring is 1. The van der Waals surface area contributed by atoms with E-state index in [0.717, 1.165) is 35.9 Å². The zero-order valence-corrected chi connectivity index (χ0v) is 11.3. The third-order valence-electron chi connectivity index (χ3n) is 3.01. The van der Waals surface area contributed by atoms with E-state index >= 15 is 0 Å². The lowest BCUT2D eigenvalue weighted by Crippen LogP contribution is -2.07. The van der Waals surface area contributed by atoms with Gasteiger partial charge in [0.15, 0.2) is 0 Å². The van der Waals surface area contributed by atoms with Gasteiger partial charge in [0.25, 0.3) is 0 Å². The van der Waals surface area contributed by atoms with E-state index in [4.69, 9.17) is 10.5 Å². The van der Waals surface area contributed by atoms with Crippen LogP contribution >= 0.6 is 0 Å². The standard InChI is InChI=1S/C15H19N3O/c1-11-14(16)7-8-15(18-11)17-10-9-12-3-5-13(19-2)6-4-12/h3-8H,9-10,16H2,1-2H3,(H,17,18). The minimum absolute atomic E-state index is 0.723. The van der Waals surface area contributed by atoms with E-state index in [1.165, 1.54) is 5.56 Å². The Labute approximate surface area is 113 Å². The maximum Gasteiger partial charge on any atom is 0.126 e. The Balaban J connectivity index is 1.86. The topological polar surface area (TPSA) is 60.2 Å². The molecule has 0 spiro atoms. The van der Waals surface area contributed by atoms with Gasteiger partial charge in [0, 0.05) is 6.54 Å². The summed E-state index contributed by atoms with van der Waals surface area (Å²) in [6, 6.07) is 11.9. The van der Waals surface area contributed by atoms with Crippen molar-refractivity contribution in [3.8, 4) is 5.75 Å². The van der Waals surface area contributed by atoms with Gasteiger partial charge in [-0.05, 0) is 43.2 Å². The molecule has 2 rings (SSSR count). The molecular formula is C15H19N3O. The van der Waals surface area contributed by atoms with E-state index in [2.05, 4.69) is 22.4 Å². The van der Waals surface area contributed by atoms with Crippen LogP contribution in [0.4, 0.5) is 11.5 Å². The molecule has 0 saturated heterocycles. The van der Waals surface area contributed by atoms with Crippen LogP contribution in [0.25, 0.3) is 0 Å². The molecule has 2 aromatic rings. The van der Waals surface area contributed by atoms with Crippen LogP contribution in [0.2, 0.25) is 0 Å². The van der Waals surface area contributed by atoms with Gasteiger partial charge in [0.05, 0.1) is 18.5 Å². The van der Waals surface area contributed by atoms with Gasteiger partial charge in [-0.3, -0.25) is 0 Å². The Hall–Kier alpha value is -2.23. The summed E-state index contributed by atoms with van der Waals surface area (Å²) in [7, 11) is 1.67. The molecule has 100 valence electrons. The van der Waals surface area contributed by atoms with Crippen LogP contribution in [0, 0.1) is 6.92 Å². The van der Waals surface area contributed by atoms with E-state index in [9.17, 15) is 0 Å². The smallest absolute Gasteiger partial charge is 0.126 e. The minimum atomic E-state index is 0.723. The van der Waals surface area contributed by atoms with Gasteiger partial charge in [-0.2, -0.15) is 0 Å². The zero-order chi connectivity index (χ0) is 13.7. The molecule has 0 saturated carbocycles. The summed E-state index contributed by atoms with van der Waals surface area (Å²) < 4.78 is 5.13. The SMILES string of the molecule is COc1ccc(CCNc2ccc(N)c(C)n2)cc1. The van der Waals surface area contributed by atoms with Crippen molar-refractivity contribution in [3.63, 3.8) is 0 Å². The quantitative estimate of drug-likeness (QED) is 0.864. The molecule has 0 bridgehead atoms. The molecule has 0 aliphatic rings. The highest BCUT2D eigenvalue weighted by atomic mass is 16.5. The molecule has 0 atom stereocenters. The average Bonchev–Trinajstić information content (AvgIpc) is 2.43. The summed E-state index contributed by atoms with van der Waals surface area (Å²) in [4.78, 5) is 4.38. The van der Waals surface area contributed by atoms with Crippen LogP contribution in [0.1, 0.15) is 11.3 Å². The van der Waals surface area contributed by atoms with Gasteiger partial charge < -0.3 is 15.8 Å². The van der Waals surface area contributed by atoms with Crippen LogP contribution in [0.3, 0.4) is 0 Å². The Morgan fingerprint density at radius 2 is 1.89 bits per heavy atom. The van der Waals surface area contributed by atoms with Gasteiger partial charge in [-0.25, -0.2) is 4.98 Å². The Morgan fingerprint density at radius 1 is 1.16 bits per heavy atom. The first-order chi connectivity index (χ1) is 9.19. The lowest BCUT2D eigenvalue weighted by Gasteiger charge is -2.08. The molecular weight excluding hydrogens is 238 g/mol. The second kappa shape index (κ2) is 6.09. The van der Waals surface area contributed by atoms with Crippen molar-refractivity contribution < 1.29 is 4.74 Å². The number of nitrogens with one attached hydrogen (secondary N) is 1. The molecule has 0 unspecified atom stereocenters. The molecule has 3 N–H and O–H groups in total. The molecule has 0 aliphatic carbocycles. The number of hydrogen-bond acceptors (Lipinski definition) is 4. The summed E-state index contributed by atoms with van der Waals surface area (Å²) in [6.07, 6.45) is 0.940. The summed E-state index contributed by atoms with van der Waals surface area (Å²) in [5.41, 5.74) is 8.58. The number of aryl methyl sites for hydroxylation is 1. The van der Waals surface area contributed by atoms with Gasteiger partial charge in [0.1, 0.15) is 11.6 Å². The van der Waals surface area contributed by atoms with Crippen molar-refractivity contribution in [1.82, 2.24) is 4.98 Å². The van der Waals surface area contributed by atoms with Crippen molar-refractivity contribution in [2.45, 2.75) is 13.3 Å². The molecule has 4 nitrogen and oxygen atoms in total. The largest absolute Gasteiger partial charge is 0.497 e. The number of benzene rings is 1. The number of aromatic nitrogens is 1. The highest BCUT2D eigenvalue weighted by Crippen LogP contribution is 2.13. The van der Waals surface area contributed by atoms with Gasteiger partial charge in [-0.1, -0.05) is 12.1 Å². The number of ether oxygens (including phenoxy) is 1. The number of pyridine rings is 1. The Kier molecular flexibility index (Phi) is 4.23. The molecule has 0 amide bonds. The van der Waals surface area contributed by atoms with Gasteiger partial charge in [-0.15, -0.1) is 0 Å². The third kappa shape index (κ3) is 3.61. The first-order valence-electron chi connectivity index (χ1n) is 6.29. The number of anilines is 2. The lowest BCUT2D eigenvalue weighted by atomic mass is 10.1. The Morgan fingerprint density at radius 3 is 2.53 bits per heavy atom. The highest BCUT2D eigenvalue weighted by Gasteiger charge is 1.99. The van der Waals surface area contributed by atoms with Crippen molar-refractivity contribution in [2.75, 3.05) is 24.7 Å². The fourth-order valence-electron chi connectivity index (χ4n) is 1.80. The van der Waals surface area contributed by atoms with E-state index in [-0.39, 0.29) is 0 Å². The number of nitrogens with two attached hydrogens (primary N) is 1. The van der Waals surface area contributed by atoms with Crippen LogP contribution in [0.5, 0.6) is 5.75 Å². The lowest BCUT2D eigenvalue weighted by molar-refractivity contribution is 0.414. The first-order valence-corrected chi connectivity index (χ1v) is 6.29. The molecule has 1 heterocycles. The fourth-order valence-corrected chi connectivity index (χ4v) is 1.80. The fraction of sp³-hybridized carbons (Fsp3) is 0.267. The van der Waals surface area contributed by atoms with E-state index in [1.807, 2.05) is 31.2 Å². The van der Waals surface area contributed by atoms with Crippen LogP contribution < -0.4 is 15.8 Å². The summed E-state index contributed by atoms with van der Waals surface area (Å²) in [6.45, 7) is 2.74. The second-order valence-corrected chi connectivity index (χ2v) is 4.40. The second-order valence-electron chi connectivity index (χ2n) is 4.40. The third-order valence-corrected chi connectivity index (χ3v) is 3.01. The normalized spacial score (nSPS) is 10.2. The predicted molar refractivity (Wildman–Crippen MR) is 78.6 cm³/mol. The maximum absolute atomic E-state index is 5.73. The number of methoxy groups -OCH3 is 1. The zero-order valence-electron chi connectivity index (χ0n) is 11.3. The van der Waals surface area contributed by atoms with Crippen molar-refractivity contribution in [1.29, 1.82) is 0 Å². The number of nitrogens with zero attached hydrogens (tertiary/aromatic N) is 1. The molecule has 0 radical (unpaired) electrons. The summed E-state index contributed by atoms with van der Waals surface area (Å²) >= 11 is 0. The van der Waals surface area contributed by atoms with E-state index in [1.54, 1.807) is 7.11 Å². The monoisotopic (exact) mass is 257 g/mol. The van der Waals surface area contributed by atoms with E-state index in [0.29, 0.717) is 0 Å². The minimum Gasteiger partial charge on any atom is -0.497 e. The summed E-state index contributed by atoms with van der Waals surface area (Å²) in [5, 5.41) is 3.29. The highest BCUT2D eigenvalue weighted by molar-refractivity contribution is 5.49. The van der Waals surface area contributed by atoms with Crippen molar-refractivity contribution in [2.24, 2.45) is 0 Å². The van der Waals surface area contributed by atoms with E-state index < -0.39 is 0 Å². The molecule has 1 aromatic heterocycles. The molecule has 0 aliphatic heterocycles. The molecule has 1 aromatic carbocycles. The summed E-state index contributed by atoms with van der Waals surface area (Å²) in [5.74, 6) is 1.74. The maximum atomic E-state index is 5.73. The molecule has 19 heavy (non-hydrogen) atoms. The number of rotatable bonds is 5. The molecule has 4 heteroatoms. The predicted octanol–water partition coefficient (Wildman–Crippen LogP) is 2.64. The Bertz CT molecular complexity index is 538. The van der Waals surface area contributed by atoms with Crippen molar-refractivity contribution >= 4 is 11.5 Å². The van der Waals surface area contributed by atoms with Crippen LogP contribution in [-0.2, 0) is 6.42 Å². The first kappa shape index (κ1) is 13.2. The number of hydrogen-bond donors (Lipinski definition) is 2. The van der Waals surface area contributed by atoms with Crippen molar-refractivity contribution in [3.05, 3.63) is 47.7 Å². The van der Waals surface area contributed by atoms with Gasteiger partial charge in [0.2, 0.25) is 0 Å². The van der Waals surface area contributed by atoms with Crippen LogP contribution in [-0.4, -0.2) is 18.6 Å².